The molecule has 0 aliphatic heterocycles. The number of nitrogens with one attached hydrogen (secondary N) is 1. The highest BCUT2D eigenvalue weighted by Gasteiger charge is 2.15. The lowest BCUT2D eigenvalue weighted by Crippen LogP contribution is -1.89. The Morgan fingerprint density at radius 1 is 1.44 bits per heavy atom. The standard InChI is InChI=1S/C9H12N4O2S/c1-5-7(16-9(10-2)11-5)8-12-6(4-14-3)13-15-8/h4H2,1-3H3,(H,10,11). The fourth-order valence-corrected chi connectivity index (χ4v) is 2.08. The second-order valence-corrected chi connectivity index (χ2v) is 4.13. The molecule has 0 aliphatic carbocycles. The van der Waals surface area contributed by atoms with Gasteiger partial charge in [-0.05, 0) is 6.92 Å². The Bertz CT molecular complexity index is 480. The molecule has 0 bridgehead atoms. The zero-order valence-electron chi connectivity index (χ0n) is 9.27. The third-order valence-corrected chi connectivity index (χ3v) is 3.11. The molecule has 0 aliphatic rings. The quantitative estimate of drug-likeness (QED) is 0.876. The van der Waals surface area contributed by atoms with Gasteiger partial charge in [-0.3, -0.25) is 0 Å². The summed E-state index contributed by atoms with van der Waals surface area (Å²) >= 11 is 1.48. The van der Waals surface area contributed by atoms with Crippen molar-refractivity contribution in [2.75, 3.05) is 19.5 Å². The van der Waals surface area contributed by atoms with Crippen LogP contribution in [0.25, 0.3) is 10.8 Å². The summed E-state index contributed by atoms with van der Waals surface area (Å²) in [6, 6.07) is 0. The molecule has 6 nitrogen and oxygen atoms in total. The van der Waals surface area contributed by atoms with Crippen LogP contribution in [-0.4, -0.2) is 29.3 Å². The van der Waals surface area contributed by atoms with E-state index in [2.05, 4.69) is 20.4 Å². The minimum atomic E-state index is 0.347. The summed E-state index contributed by atoms with van der Waals surface area (Å²) in [5.41, 5.74) is 0.877. The van der Waals surface area contributed by atoms with Gasteiger partial charge in [-0.1, -0.05) is 16.5 Å². The number of methoxy groups -OCH3 is 1. The van der Waals surface area contributed by atoms with Crippen molar-refractivity contribution < 1.29 is 9.26 Å². The summed E-state index contributed by atoms with van der Waals surface area (Å²) in [6.45, 7) is 2.26. The molecular weight excluding hydrogens is 228 g/mol. The molecule has 0 fully saturated rings. The lowest BCUT2D eigenvalue weighted by Gasteiger charge is -1.88. The van der Waals surface area contributed by atoms with E-state index in [1.54, 1.807) is 7.11 Å². The lowest BCUT2D eigenvalue weighted by molar-refractivity contribution is 0.174. The average Bonchev–Trinajstić information content (AvgIpc) is 2.85. The Hall–Kier alpha value is -1.47. The molecule has 0 spiro atoms. The summed E-state index contributed by atoms with van der Waals surface area (Å²) in [6.07, 6.45) is 0. The molecule has 2 rings (SSSR count). The fraction of sp³-hybridized carbons (Fsp3) is 0.444. The first kappa shape index (κ1) is 11.0. The Balaban J connectivity index is 2.30. The van der Waals surface area contributed by atoms with Gasteiger partial charge in [-0.25, -0.2) is 4.98 Å². The zero-order chi connectivity index (χ0) is 11.5. The zero-order valence-corrected chi connectivity index (χ0v) is 10.1. The van der Waals surface area contributed by atoms with Gasteiger partial charge in [0.05, 0.1) is 5.69 Å². The summed E-state index contributed by atoms with van der Waals surface area (Å²) in [7, 11) is 3.42. The molecule has 86 valence electrons. The Morgan fingerprint density at radius 2 is 2.25 bits per heavy atom. The van der Waals surface area contributed by atoms with E-state index in [0.29, 0.717) is 18.3 Å². The molecule has 0 unspecified atom stereocenters. The van der Waals surface area contributed by atoms with Crippen molar-refractivity contribution in [3.8, 4) is 10.8 Å². The number of hydrogen-bond donors (Lipinski definition) is 1. The predicted molar refractivity (Wildman–Crippen MR) is 60.4 cm³/mol. The van der Waals surface area contributed by atoms with Crippen molar-refractivity contribution in [2.45, 2.75) is 13.5 Å². The molecule has 2 aromatic rings. The molecule has 7 heteroatoms. The third kappa shape index (κ3) is 2.05. The minimum Gasteiger partial charge on any atom is -0.377 e. The predicted octanol–water partition coefficient (Wildman–Crippen LogP) is 1.69. The van der Waals surface area contributed by atoms with Crippen LogP contribution in [0.15, 0.2) is 4.52 Å². The van der Waals surface area contributed by atoms with Gasteiger partial charge in [-0.2, -0.15) is 4.98 Å². The second-order valence-electron chi connectivity index (χ2n) is 3.13. The molecule has 16 heavy (non-hydrogen) atoms. The van der Waals surface area contributed by atoms with Crippen LogP contribution >= 0.6 is 11.3 Å². The monoisotopic (exact) mass is 240 g/mol. The number of anilines is 1. The molecule has 0 atom stereocenters. The SMILES string of the molecule is CNc1nc(C)c(-c2nc(COC)no2)s1. The topological polar surface area (TPSA) is 73.1 Å². The first-order valence-electron chi connectivity index (χ1n) is 4.71. The van der Waals surface area contributed by atoms with Crippen molar-refractivity contribution in [1.29, 1.82) is 0 Å². The van der Waals surface area contributed by atoms with Crippen molar-refractivity contribution >= 4 is 16.5 Å². The number of aryl methyl sites for hydroxylation is 1. The molecule has 1 N–H and O–H groups in total. The van der Waals surface area contributed by atoms with Gasteiger partial charge < -0.3 is 14.6 Å². The lowest BCUT2D eigenvalue weighted by atomic mass is 10.4. The maximum Gasteiger partial charge on any atom is 0.270 e. The van der Waals surface area contributed by atoms with Crippen LogP contribution in [0.5, 0.6) is 0 Å². The first-order valence-corrected chi connectivity index (χ1v) is 5.53. The van der Waals surface area contributed by atoms with E-state index in [1.165, 1.54) is 11.3 Å². The summed E-state index contributed by atoms with van der Waals surface area (Å²) < 4.78 is 10.1. The maximum absolute atomic E-state index is 5.14. The van der Waals surface area contributed by atoms with Crippen LogP contribution in [0.4, 0.5) is 5.13 Å². The smallest absolute Gasteiger partial charge is 0.270 e. The molecule has 0 amide bonds. The summed E-state index contributed by atoms with van der Waals surface area (Å²) in [4.78, 5) is 9.42. The number of nitrogens with zero attached hydrogens (tertiary/aromatic N) is 3. The molecule has 0 saturated carbocycles. The van der Waals surface area contributed by atoms with Gasteiger partial charge >= 0.3 is 0 Å². The summed E-state index contributed by atoms with van der Waals surface area (Å²) in [5.74, 6) is 1.03. The summed E-state index contributed by atoms with van der Waals surface area (Å²) in [5, 5.41) is 7.62. The van der Waals surface area contributed by atoms with Gasteiger partial charge in [0.25, 0.3) is 5.89 Å². The number of aromatic nitrogens is 3. The van der Waals surface area contributed by atoms with E-state index in [4.69, 9.17) is 9.26 Å². The van der Waals surface area contributed by atoms with E-state index in [9.17, 15) is 0 Å². The largest absolute Gasteiger partial charge is 0.377 e. The number of rotatable bonds is 4. The van der Waals surface area contributed by atoms with E-state index >= 15 is 0 Å². The van der Waals surface area contributed by atoms with Gasteiger partial charge in [0.2, 0.25) is 0 Å². The van der Waals surface area contributed by atoms with Crippen molar-refractivity contribution in [3.05, 3.63) is 11.5 Å². The van der Waals surface area contributed by atoms with Crippen LogP contribution in [0.2, 0.25) is 0 Å². The molecule has 0 radical (unpaired) electrons. The fourth-order valence-electron chi connectivity index (χ4n) is 1.24. The van der Waals surface area contributed by atoms with Crippen molar-refractivity contribution in [3.63, 3.8) is 0 Å². The van der Waals surface area contributed by atoms with Crippen LogP contribution < -0.4 is 5.32 Å². The second kappa shape index (κ2) is 4.58. The molecule has 2 heterocycles. The minimum absolute atomic E-state index is 0.347. The molecule has 0 saturated heterocycles. The number of hydrogen-bond acceptors (Lipinski definition) is 7. The van der Waals surface area contributed by atoms with E-state index in [0.717, 1.165) is 15.7 Å². The maximum atomic E-state index is 5.14. The van der Waals surface area contributed by atoms with Gasteiger partial charge in [0, 0.05) is 14.2 Å². The highest BCUT2D eigenvalue weighted by molar-refractivity contribution is 7.19. The van der Waals surface area contributed by atoms with E-state index in [1.807, 2.05) is 14.0 Å². The van der Waals surface area contributed by atoms with Crippen LogP contribution in [0.1, 0.15) is 11.5 Å². The molecule has 2 aromatic heterocycles. The Morgan fingerprint density at radius 3 is 2.88 bits per heavy atom. The number of ether oxygens (including phenoxy) is 1. The van der Waals surface area contributed by atoms with E-state index < -0.39 is 0 Å². The van der Waals surface area contributed by atoms with E-state index in [-0.39, 0.29) is 0 Å². The van der Waals surface area contributed by atoms with Crippen molar-refractivity contribution in [2.24, 2.45) is 0 Å². The van der Waals surface area contributed by atoms with Crippen LogP contribution in [0.3, 0.4) is 0 Å². The number of thiazole rings is 1. The molecular formula is C9H12N4O2S. The van der Waals surface area contributed by atoms with Crippen LogP contribution in [0, 0.1) is 6.92 Å². The third-order valence-electron chi connectivity index (χ3n) is 1.95. The first-order chi connectivity index (χ1) is 7.74. The Labute approximate surface area is 96.7 Å². The van der Waals surface area contributed by atoms with Gasteiger partial charge in [-0.15, -0.1) is 0 Å². The normalized spacial score (nSPS) is 10.7. The Kier molecular flexibility index (Phi) is 3.16. The molecule has 0 aromatic carbocycles. The van der Waals surface area contributed by atoms with Gasteiger partial charge in [0.15, 0.2) is 11.0 Å². The highest BCUT2D eigenvalue weighted by Crippen LogP contribution is 2.31. The van der Waals surface area contributed by atoms with Crippen molar-refractivity contribution in [1.82, 2.24) is 15.1 Å². The average molecular weight is 240 g/mol. The van der Waals surface area contributed by atoms with Crippen LogP contribution in [-0.2, 0) is 11.3 Å². The van der Waals surface area contributed by atoms with Gasteiger partial charge in [0.1, 0.15) is 11.5 Å². The highest BCUT2D eigenvalue weighted by atomic mass is 32.1.